The largest absolute Gasteiger partial charge is 0.342 e. The van der Waals surface area contributed by atoms with Gasteiger partial charge in [0.25, 0.3) is 5.91 Å². The number of nitrogens with zero attached hydrogens (tertiary/aromatic N) is 2. The number of carbonyl (C=O) groups excluding carboxylic acids is 2. The zero-order chi connectivity index (χ0) is 19.6. The van der Waals surface area contributed by atoms with Crippen molar-refractivity contribution < 1.29 is 9.59 Å². The molecule has 2 heterocycles. The quantitative estimate of drug-likeness (QED) is 0.787. The molecule has 4 rings (SSSR count). The Bertz CT molecular complexity index is 854. The number of likely N-dealkylation sites (tertiary alicyclic amines) is 2. The molecule has 2 aromatic rings. The average Bonchev–Trinajstić information content (AvgIpc) is 2.74. The summed E-state index contributed by atoms with van der Waals surface area (Å²) < 4.78 is 0. The molecule has 0 atom stereocenters. The number of hydrogen-bond acceptors (Lipinski definition) is 2. The van der Waals surface area contributed by atoms with Crippen molar-refractivity contribution in [3.63, 3.8) is 0 Å². The van der Waals surface area contributed by atoms with E-state index in [2.05, 4.69) is 12.1 Å². The molecule has 0 aromatic heterocycles. The molecule has 2 saturated heterocycles. The molecule has 1 spiro atoms. The Morgan fingerprint density at radius 3 is 2.21 bits per heavy atom. The number of piperidine rings is 2. The lowest BCUT2D eigenvalue weighted by Gasteiger charge is -2.47. The lowest BCUT2D eigenvalue weighted by molar-refractivity contribution is -0.133. The number of amides is 2. The second kappa shape index (κ2) is 7.78. The van der Waals surface area contributed by atoms with Gasteiger partial charge in [-0.05, 0) is 48.3 Å². The molecule has 0 radical (unpaired) electrons. The maximum absolute atomic E-state index is 13.3. The molecular formula is C24H28N2O2. The van der Waals surface area contributed by atoms with Crippen LogP contribution in [-0.2, 0) is 4.79 Å². The predicted molar refractivity (Wildman–Crippen MR) is 111 cm³/mol. The first-order chi connectivity index (χ1) is 13.6. The molecule has 2 aliphatic heterocycles. The summed E-state index contributed by atoms with van der Waals surface area (Å²) in [6.45, 7) is 4.94. The smallest absolute Gasteiger partial charge is 0.254 e. The molecule has 0 bridgehead atoms. The van der Waals surface area contributed by atoms with Gasteiger partial charge in [-0.2, -0.15) is 0 Å². The first kappa shape index (κ1) is 18.7. The van der Waals surface area contributed by atoms with Crippen molar-refractivity contribution in [2.75, 3.05) is 26.2 Å². The average molecular weight is 377 g/mol. The van der Waals surface area contributed by atoms with Gasteiger partial charge in [0.2, 0.25) is 5.91 Å². The topological polar surface area (TPSA) is 40.6 Å². The van der Waals surface area contributed by atoms with Crippen molar-refractivity contribution in [2.45, 2.75) is 32.6 Å². The molecule has 0 unspecified atom stereocenters. The van der Waals surface area contributed by atoms with E-state index in [9.17, 15) is 9.59 Å². The Morgan fingerprint density at radius 2 is 1.50 bits per heavy atom. The van der Waals surface area contributed by atoms with Gasteiger partial charge in [-0.3, -0.25) is 9.59 Å². The molecule has 0 N–H and O–H groups in total. The van der Waals surface area contributed by atoms with Crippen LogP contribution in [0.5, 0.6) is 0 Å². The summed E-state index contributed by atoms with van der Waals surface area (Å²) >= 11 is 0. The monoisotopic (exact) mass is 376 g/mol. The Kier molecular flexibility index (Phi) is 5.21. The van der Waals surface area contributed by atoms with Crippen molar-refractivity contribution >= 4 is 11.8 Å². The SMILES string of the molecule is CC(=O)N1CCCC2(CCN(C(=O)c3ccccc3-c3ccccc3)CC2)C1. The molecule has 146 valence electrons. The van der Waals surface area contributed by atoms with E-state index in [0.717, 1.165) is 62.1 Å². The van der Waals surface area contributed by atoms with Crippen molar-refractivity contribution in [1.82, 2.24) is 9.80 Å². The molecule has 2 fully saturated rings. The second-order valence-corrected chi connectivity index (χ2v) is 8.25. The maximum Gasteiger partial charge on any atom is 0.254 e. The predicted octanol–water partition coefficient (Wildman–Crippen LogP) is 4.22. The molecule has 2 amide bonds. The van der Waals surface area contributed by atoms with Crippen LogP contribution in [0, 0.1) is 5.41 Å². The minimum absolute atomic E-state index is 0.119. The molecule has 28 heavy (non-hydrogen) atoms. The van der Waals surface area contributed by atoms with Crippen LogP contribution in [-0.4, -0.2) is 47.8 Å². The van der Waals surface area contributed by atoms with Crippen molar-refractivity contribution in [3.8, 4) is 11.1 Å². The van der Waals surface area contributed by atoms with Crippen molar-refractivity contribution in [1.29, 1.82) is 0 Å². The third kappa shape index (κ3) is 3.68. The van der Waals surface area contributed by atoms with Crippen LogP contribution in [0.25, 0.3) is 11.1 Å². The summed E-state index contributed by atoms with van der Waals surface area (Å²) in [5.74, 6) is 0.294. The van der Waals surface area contributed by atoms with Crippen LogP contribution < -0.4 is 0 Å². The first-order valence-electron chi connectivity index (χ1n) is 10.3. The van der Waals surface area contributed by atoms with Crippen LogP contribution in [0.3, 0.4) is 0 Å². The third-order valence-corrected chi connectivity index (χ3v) is 6.46. The van der Waals surface area contributed by atoms with Crippen molar-refractivity contribution in [2.24, 2.45) is 5.41 Å². The highest BCUT2D eigenvalue weighted by molar-refractivity contribution is 6.00. The highest BCUT2D eigenvalue weighted by Gasteiger charge is 2.40. The Labute approximate surface area is 167 Å². The maximum atomic E-state index is 13.3. The van der Waals surface area contributed by atoms with Crippen LogP contribution in [0.1, 0.15) is 43.0 Å². The third-order valence-electron chi connectivity index (χ3n) is 6.46. The highest BCUT2D eigenvalue weighted by Crippen LogP contribution is 2.40. The van der Waals surface area contributed by atoms with E-state index in [4.69, 9.17) is 0 Å². The summed E-state index contributed by atoms with van der Waals surface area (Å²) in [7, 11) is 0. The van der Waals surface area contributed by atoms with Gasteiger partial charge in [-0.25, -0.2) is 0 Å². The van der Waals surface area contributed by atoms with Crippen LogP contribution in [0.15, 0.2) is 54.6 Å². The minimum atomic E-state index is 0.119. The van der Waals surface area contributed by atoms with E-state index in [0.29, 0.717) is 0 Å². The molecule has 2 aliphatic rings. The standard InChI is InChI=1S/C24H28N2O2/c1-19(27)26-15-7-12-24(18-26)13-16-25(17-14-24)23(28)22-11-6-5-10-21(22)20-8-3-2-4-9-20/h2-6,8-11H,7,12-18H2,1H3. The van der Waals surface area contributed by atoms with E-state index in [1.54, 1.807) is 6.92 Å². The number of hydrogen-bond donors (Lipinski definition) is 0. The van der Waals surface area contributed by atoms with Gasteiger partial charge in [-0.15, -0.1) is 0 Å². The number of carbonyl (C=O) groups is 2. The van der Waals surface area contributed by atoms with E-state index < -0.39 is 0 Å². The Balaban J connectivity index is 1.49. The minimum Gasteiger partial charge on any atom is -0.342 e. The van der Waals surface area contributed by atoms with Crippen molar-refractivity contribution in [3.05, 3.63) is 60.2 Å². The van der Waals surface area contributed by atoms with E-state index in [1.165, 1.54) is 6.42 Å². The second-order valence-electron chi connectivity index (χ2n) is 8.25. The van der Waals surface area contributed by atoms with Gasteiger partial charge in [0.15, 0.2) is 0 Å². The Hall–Kier alpha value is -2.62. The lowest BCUT2D eigenvalue weighted by atomic mass is 9.72. The fourth-order valence-corrected chi connectivity index (χ4v) is 4.78. The Morgan fingerprint density at radius 1 is 0.821 bits per heavy atom. The summed E-state index contributed by atoms with van der Waals surface area (Å²) in [6.07, 6.45) is 4.20. The molecule has 0 aliphatic carbocycles. The molecular weight excluding hydrogens is 348 g/mol. The fraction of sp³-hybridized carbons (Fsp3) is 0.417. The zero-order valence-electron chi connectivity index (χ0n) is 16.6. The van der Waals surface area contributed by atoms with Gasteiger partial charge >= 0.3 is 0 Å². The zero-order valence-corrected chi connectivity index (χ0v) is 16.6. The summed E-state index contributed by atoms with van der Waals surface area (Å²) in [5, 5.41) is 0. The highest BCUT2D eigenvalue weighted by atomic mass is 16.2. The molecule has 4 heteroatoms. The van der Waals surface area contributed by atoms with E-state index >= 15 is 0 Å². The first-order valence-corrected chi connectivity index (χ1v) is 10.3. The molecule has 0 saturated carbocycles. The van der Waals surface area contributed by atoms with Gasteiger partial charge in [0.1, 0.15) is 0 Å². The van der Waals surface area contributed by atoms with Gasteiger partial charge in [-0.1, -0.05) is 48.5 Å². The summed E-state index contributed by atoms with van der Waals surface area (Å²) in [4.78, 5) is 29.1. The number of benzene rings is 2. The van der Waals surface area contributed by atoms with E-state index in [1.807, 2.05) is 52.3 Å². The molecule has 2 aromatic carbocycles. The van der Waals surface area contributed by atoms with Gasteiger partial charge in [0, 0.05) is 38.7 Å². The van der Waals surface area contributed by atoms with Gasteiger partial charge < -0.3 is 9.80 Å². The normalized spacial score (nSPS) is 18.9. The summed E-state index contributed by atoms with van der Waals surface area (Å²) in [6, 6.07) is 18.0. The fourth-order valence-electron chi connectivity index (χ4n) is 4.78. The lowest BCUT2D eigenvalue weighted by Crippen LogP contribution is -2.51. The van der Waals surface area contributed by atoms with E-state index in [-0.39, 0.29) is 17.2 Å². The van der Waals surface area contributed by atoms with Crippen LogP contribution >= 0.6 is 0 Å². The van der Waals surface area contributed by atoms with Gasteiger partial charge in [0.05, 0.1) is 0 Å². The van der Waals surface area contributed by atoms with Crippen LogP contribution in [0.2, 0.25) is 0 Å². The van der Waals surface area contributed by atoms with Crippen LogP contribution in [0.4, 0.5) is 0 Å². The summed E-state index contributed by atoms with van der Waals surface area (Å²) in [5.41, 5.74) is 3.04. The molecule has 4 nitrogen and oxygen atoms in total. The number of rotatable bonds is 2.